The summed E-state index contributed by atoms with van der Waals surface area (Å²) in [5.41, 5.74) is 1.39. The molecule has 0 spiro atoms. The number of para-hydroxylation sites is 1. The maximum Gasteiger partial charge on any atom is 0.267 e. The van der Waals surface area contributed by atoms with Gasteiger partial charge >= 0.3 is 0 Å². The average molecular weight is 379 g/mol. The second kappa shape index (κ2) is 6.46. The smallest absolute Gasteiger partial charge is 0.267 e. The molecular weight excluding hydrogens is 358 g/mol. The molecule has 1 aromatic carbocycles. The highest BCUT2D eigenvalue weighted by Gasteiger charge is 2.41. The summed E-state index contributed by atoms with van der Waals surface area (Å²) in [5, 5.41) is 6.49. The third kappa shape index (κ3) is 2.90. The lowest BCUT2D eigenvalue weighted by atomic mass is 10.0. The van der Waals surface area contributed by atoms with Gasteiger partial charge in [0.05, 0.1) is 4.88 Å². The maximum absolute atomic E-state index is 13.5. The number of carbonyl (C=O) groups excluding carboxylic acids is 1. The van der Waals surface area contributed by atoms with Crippen LogP contribution >= 0.6 is 11.3 Å². The van der Waals surface area contributed by atoms with Crippen LogP contribution in [0.15, 0.2) is 58.7 Å². The van der Waals surface area contributed by atoms with Crippen LogP contribution in [0.3, 0.4) is 0 Å². The van der Waals surface area contributed by atoms with Crippen LogP contribution in [-0.2, 0) is 16.8 Å². The highest BCUT2D eigenvalue weighted by molar-refractivity contribution is 7.13. The van der Waals surface area contributed by atoms with E-state index in [9.17, 15) is 9.59 Å². The average Bonchev–Trinajstić information content (AvgIpc) is 3.28. The van der Waals surface area contributed by atoms with Crippen LogP contribution in [0.4, 0.5) is 5.69 Å². The Labute approximate surface area is 161 Å². The Bertz CT molecular complexity index is 1050. The Kier molecular flexibility index (Phi) is 4.23. The van der Waals surface area contributed by atoms with Crippen molar-refractivity contribution in [3.8, 4) is 10.6 Å². The van der Waals surface area contributed by atoms with E-state index in [1.54, 1.807) is 36.2 Å². The maximum atomic E-state index is 13.5. The van der Waals surface area contributed by atoms with Crippen molar-refractivity contribution in [2.45, 2.75) is 38.8 Å². The first-order valence-electron chi connectivity index (χ1n) is 8.96. The Morgan fingerprint density at radius 2 is 1.93 bits per heavy atom. The van der Waals surface area contributed by atoms with Gasteiger partial charge in [-0.05, 0) is 56.3 Å². The molecule has 4 rings (SSSR count). The molecule has 0 aliphatic carbocycles. The van der Waals surface area contributed by atoms with Gasteiger partial charge in [0, 0.05) is 17.8 Å². The van der Waals surface area contributed by atoms with Crippen LogP contribution in [0.5, 0.6) is 0 Å². The molecule has 1 aliphatic heterocycles. The third-order valence-corrected chi connectivity index (χ3v) is 5.95. The topological polar surface area (TPSA) is 55.2 Å². The minimum absolute atomic E-state index is 0.0466. The Morgan fingerprint density at radius 3 is 2.67 bits per heavy atom. The number of amides is 1. The predicted molar refractivity (Wildman–Crippen MR) is 108 cm³/mol. The van der Waals surface area contributed by atoms with E-state index in [1.165, 1.54) is 10.7 Å². The van der Waals surface area contributed by atoms with E-state index in [4.69, 9.17) is 0 Å². The first kappa shape index (κ1) is 17.7. The van der Waals surface area contributed by atoms with Gasteiger partial charge in [0.15, 0.2) is 0 Å². The van der Waals surface area contributed by atoms with Gasteiger partial charge in [-0.1, -0.05) is 24.3 Å². The molecule has 6 heteroatoms. The largest absolute Gasteiger partial charge is 0.307 e. The van der Waals surface area contributed by atoms with Crippen LogP contribution in [0, 0.1) is 0 Å². The fraction of sp³-hybridized carbons (Fsp3) is 0.286. The molecule has 0 N–H and O–H groups in total. The molecule has 1 unspecified atom stereocenters. The summed E-state index contributed by atoms with van der Waals surface area (Å²) in [7, 11) is 0. The number of aromatic nitrogens is 2. The SMILES string of the molecule is CC1Cc2ccccc2N1C(=O)C(C)(C)n1nc(-c2cccs2)ccc1=O. The van der Waals surface area contributed by atoms with Crippen molar-refractivity contribution in [3.05, 3.63) is 69.8 Å². The standard InChI is InChI=1S/C21H21N3O2S/c1-14-13-15-7-4-5-8-17(15)23(14)20(26)21(2,3)24-19(25)11-10-16(22-24)18-9-6-12-27-18/h4-12,14H,13H2,1-3H3. The van der Waals surface area contributed by atoms with E-state index in [1.807, 2.05) is 48.7 Å². The van der Waals surface area contributed by atoms with Gasteiger partial charge in [-0.2, -0.15) is 5.10 Å². The zero-order valence-corrected chi connectivity index (χ0v) is 16.4. The van der Waals surface area contributed by atoms with Crippen LogP contribution in [0.1, 0.15) is 26.3 Å². The molecule has 1 aliphatic rings. The lowest BCUT2D eigenvalue weighted by Gasteiger charge is -2.33. The molecule has 0 saturated heterocycles. The molecule has 0 bridgehead atoms. The van der Waals surface area contributed by atoms with Gasteiger partial charge in [0.1, 0.15) is 11.2 Å². The molecular formula is C21H21N3O2S. The molecule has 2 aromatic heterocycles. The quantitative estimate of drug-likeness (QED) is 0.697. The Hall–Kier alpha value is -2.73. The number of hydrogen-bond donors (Lipinski definition) is 0. The minimum Gasteiger partial charge on any atom is -0.307 e. The minimum atomic E-state index is -1.10. The highest BCUT2D eigenvalue weighted by Crippen LogP contribution is 2.34. The van der Waals surface area contributed by atoms with Crippen molar-refractivity contribution in [1.82, 2.24) is 9.78 Å². The summed E-state index contributed by atoms with van der Waals surface area (Å²) in [6, 6.07) is 15.1. The number of benzene rings is 1. The first-order valence-corrected chi connectivity index (χ1v) is 9.84. The lowest BCUT2D eigenvalue weighted by molar-refractivity contribution is -0.126. The van der Waals surface area contributed by atoms with E-state index in [0.29, 0.717) is 5.69 Å². The van der Waals surface area contributed by atoms with E-state index in [0.717, 1.165) is 22.5 Å². The molecule has 0 saturated carbocycles. The number of hydrogen-bond acceptors (Lipinski definition) is 4. The van der Waals surface area contributed by atoms with Gasteiger partial charge in [0.2, 0.25) is 0 Å². The molecule has 27 heavy (non-hydrogen) atoms. The number of nitrogens with zero attached hydrogens (tertiary/aromatic N) is 3. The van der Waals surface area contributed by atoms with Crippen molar-refractivity contribution in [3.63, 3.8) is 0 Å². The number of anilines is 1. The van der Waals surface area contributed by atoms with Gasteiger partial charge in [0.25, 0.3) is 11.5 Å². The monoisotopic (exact) mass is 379 g/mol. The normalized spacial score (nSPS) is 16.4. The fourth-order valence-corrected chi connectivity index (χ4v) is 4.32. The predicted octanol–water partition coefficient (Wildman–Crippen LogP) is 3.68. The van der Waals surface area contributed by atoms with Crippen molar-refractivity contribution >= 4 is 22.9 Å². The zero-order chi connectivity index (χ0) is 19.2. The highest BCUT2D eigenvalue weighted by atomic mass is 32.1. The van der Waals surface area contributed by atoms with Crippen LogP contribution in [0.25, 0.3) is 10.6 Å². The first-order chi connectivity index (χ1) is 12.9. The molecule has 0 radical (unpaired) electrons. The number of carbonyl (C=O) groups is 1. The molecule has 3 aromatic rings. The van der Waals surface area contributed by atoms with Crippen molar-refractivity contribution < 1.29 is 4.79 Å². The summed E-state index contributed by atoms with van der Waals surface area (Å²) < 4.78 is 1.32. The van der Waals surface area contributed by atoms with E-state index in [2.05, 4.69) is 5.10 Å². The second-order valence-corrected chi connectivity index (χ2v) is 8.31. The molecule has 5 nitrogen and oxygen atoms in total. The number of rotatable bonds is 3. The summed E-state index contributed by atoms with van der Waals surface area (Å²) in [6.07, 6.45) is 0.815. The van der Waals surface area contributed by atoms with E-state index < -0.39 is 5.54 Å². The van der Waals surface area contributed by atoms with Gasteiger partial charge in [-0.25, -0.2) is 4.68 Å². The number of fused-ring (bicyclic) bond motifs is 1. The lowest BCUT2D eigenvalue weighted by Crippen LogP contribution is -2.53. The molecule has 0 fully saturated rings. The number of thiophene rings is 1. The summed E-state index contributed by atoms with van der Waals surface area (Å²) >= 11 is 1.55. The summed E-state index contributed by atoms with van der Waals surface area (Å²) in [5.74, 6) is -0.127. The van der Waals surface area contributed by atoms with Crippen LogP contribution in [-0.4, -0.2) is 21.7 Å². The molecule has 3 heterocycles. The summed E-state index contributed by atoms with van der Waals surface area (Å²) in [6.45, 7) is 5.55. The van der Waals surface area contributed by atoms with Gasteiger partial charge in [-0.3, -0.25) is 9.59 Å². The molecule has 1 amide bonds. The molecule has 1 atom stereocenters. The fourth-order valence-electron chi connectivity index (χ4n) is 3.63. The zero-order valence-electron chi connectivity index (χ0n) is 15.5. The Morgan fingerprint density at radius 1 is 1.15 bits per heavy atom. The Balaban J connectivity index is 1.77. The van der Waals surface area contributed by atoms with Crippen molar-refractivity contribution in [2.24, 2.45) is 0 Å². The van der Waals surface area contributed by atoms with Crippen molar-refractivity contribution in [2.75, 3.05) is 4.90 Å². The molecule has 138 valence electrons. The summed E-state index contributed by atoms with van der Waals surface area (Å²) in [4.78, 5) is 28.9. The van der Waals surface area contributed by atoms with Crippen LogP contribution < -0.4 is 10.5 Å². The second-order valence-electron chi connectivity index (χ2n) is 7.36. The van der Waals surface area contributed by atoms with Gasteiger partial charge < -0.3 is 4.90 Å². The van der Waals surface area contributed by atoms with Crippen molar-refractivity contribution in [1.29, 1.82) is 0 Å². The van der Waals surface area contributed by atoms with E-state index in [-0.39, 0.29) is 17.5 Å². The van der Waals surface area contributed by atoms with E-state index >= 15 is 0 Å². The van der Waals surface area contributed by atoms with Crippen LogP contribution in [0.2, 0.25) is 0 Å². The van der Waals surface area contributed by atoms with Gasteiger partial charge in [-0.15, -0.1) is 11.3 Å². The third-order valence-electron chi connectivity index (χ3n) is 5.05.